The summed E-state index contributed by atoms with van der Waals surface area (Å²) in [4.78, 5) is 30.2. The first-order valence-corrected chi connectivity index (χ1v) is 7.32. The molecule has 0 aliphatic heterocycles. The lowest BCUT2D eigenvalue weighted by molar-refractivity contribution is -0.385. The number of carbonyl (C=O) groups excluding carboxylic acids is 1. The number of methoxy groups -OCH3 is 1. The number of benzene rings is 2. The molecule has 0 radical (unpaired) electrons. The molecule has 0 fully saturated rings. The SMILES string of the molecule is COc1ccc([N+](=O)[O-])c(C(=O)Nc2cccc(-c3ncc[nH]3)c2)c1. The van der Waals surface area contributed by atoms with Gasteiger partial charge in [-0.1, -0.05) is 12.1 Å². The predicted octanol–water partition coefficient (Wildman–Crippen LogP) is 3.25. The molecule has 0 spiro atoms. The normalized spacial score (nSPS) is 10.3. The number of anilines is 1. The number of amides is 1. The van der Waals surface area contributed by atoms with Crippen LogP contribution in [0.2, 0.25) is 0 Å². The summed E-state index contributed by atoms with van der Waals surface area (Å²) in [6.45, 7) is 0. The molecule has 25 heavy (non-hydrogen) atoms. The number of nitro groups is 1. The van der Waals surface area contributed by atoms with Gasteiger partial charge in [-0.3, -0.25) is 14.9 Å². The molecule has 0 bridgehead atoms. The molecule has 0 atom stereocenters. The van der Waals surface area contributed by atoms with Crippen LogP contribution in [0.5, 0.6) is 5.75 Å². The van der Waals surface area contributed by atoms with Crippen LogP contribution in [-0.4, -0.2) is 27.9 Å². The number of aromatic nitrogens is 2. The van der Waals surface area contributed by atoms with Crippen molar-refractivity contribution in [2.45, 2.75) is 0 Å². The Morgan fingerprint density at radius 3 is 2.80 bits per heavy atom. The minimum absolute atomic E-state index is 0.0762. The monoisotopic (exact) mass is 338 g/mol. The van der Waals surface area contributed by atoms with E-state index in [1.165, 1.54) is 25.3 Å². The molecule has 8 heteroatoms. The summed E-state index contributed by atoms with van der Waals surface area (Å²) < 4.78 is 5.04. The van der Waals surface area contributed by atoms with Crippen LogP contribution in [0, 0.1) is 10.1 Å². The van der Waals surface area contributed by atoms with Crippen LogP contribution in [0.15, 0.2) is 54.9 Å². The van der Waals surface area contributed by atoms with Gasteiger partial charge in [0.1, 0.15) is 17.1 Å². The van der Waals surface area contributed by atoms with E-state index in [-0.39, 0.29) is 11.3 Å². The van der Waals surface area contributed by atoms with Crippen molar-refractivity contribution in [2.75, 3.05) is 12.4 Å². The lowest BCUT2D eigenvalue weighted by Crippen LogP contribution is -2.14. The van der Waals surface area contributed by atoms with Crippen molar-refractivity contribution in [3.05, 3.63) is 70.5 Å². The molecule has 0 unspecified atom stereocenters. The molecule has 0 aliphatic rings. The highest BCUT2D eigenvalue weighted by Crippen LogP contribution is 2.26. The second-order valence-electron chi connectivity index (χ2n) is 5.11. The van der Waals surface area contributed by atoms with E-state index >= 15 is 0 Å². The Kier molecular flexibility index (Phi) is 4.42. The lowest BCUT2D eigenvalue weighted by Gasteiger charge is -2.08. The number of carbonyl (C=O) groups is 1. The van der Waals surface area contributed by atoms with Crippen molar-refractivity contribution in [1.29, 1.82) is 0 Å². The standard InChI is InChI=1S/C17H14N4O4/c1-25-13-5-6-15(21(23)24)14(10-13)17(22)20-12-4-2-3-11(9-12)16-18-7-8-19-16/h2-10H,1H3,(H,18,19)(H,20,22). The van der Waals surface area contributed by atoms with Crippen molar-refractivity contribution >= 4 is 17.3 Å². The average molecular weight is 338 g/mol. The summed E-state index contributed by atoms with van der Waals surface area (Å²) in [6, 6.07) is 11.0. The van der Waals surface area contributed by atoms with Crippen molar-refractivity contribution in [3.63, 3.8) is 0 Å². The molecule has 0 saturated heterocycles. The molecule has 2 aromatic carbocycles. The largest absolute Gasteiger partial charge is 0.497 e. The number of H-pyrrole nitrogens is 1. The number of hydrogen-bond acceptors (Lipinski definition) is 5. The van der Waals surface area contributed by atoms with Crippen LogP contribution in [0.3, 0.4) is 0 Å². The zero-order chi connectivity index (χ0) is 17.8. The molecule has 1 aromatic heterocycles. The van der Waals surface area contributed by atoms with Crippen molar-refractivity contribution in [1.82, 2.24) is 9.97 Å². The number of ether oxygens (including phenoxy) is 1. The molecule has 8 nitrogen and oxygen atoms in total. The van der Waals surface area contributed by atoms with Gasteiger partial charge < -0.3 is 15.0 Å². The van der Waals surface area contributed by atoms with Gasteiger partial charge >= 0.3 is 0 Å². The van der Waals surface area contributed by atoms with Gasteiger partial charge in [-0.05, 0) is 24.3 Å². The average Bonchev–Trinajstić information content (AvgIpc) is 3.16. The number of aromatic amines is 1. The van der Waals surface area contributed by atoms with Crippen LogP contribution >= 0.6 is 0 Å². The smallest absolute Gasteiger partial charge is 0.282 e. The Hall–Kier alpha value is -3.68. The predicted molar refractivity (Wildman–Crippen MR) is 91.6 cm³/mol. The first kappa shape index (κ1) is 16.2. The number of hydrogen-bond donors (Lipinski definition) is 2. The van der Waals surface area contributed by atoms with Crippen molar-refractivity contribution in [3.8, 4) is 17.1 Å². The zero-order valence-electron chi connectivity index (χ0n) is 13.2. The van der Waals surface area contributed by atoms with E-state index in [9.17, 15) is 14.9 Å². The Balaban J connectivity index is 1.90. The highest BCUT2D eigenvalue weighted by molar-refractivity contribution is 6.07. The van der Waals surface area contributed by atoms with Crippen LogP contribution in [0.1, 0.15) is 10.4 Å². The Morgan fingerprint density at radius 2 is 2.12 bits per heavy atom. The molecule has 0 aliphatic carbocycles. The van der Waals surface area contributed by atoms with E-state index in [2.05, 4.69) is 15.3 Å². The van der Waals surface area contributed by atoms with Gasteiger partial charge in [0.2, 0.25) is 0 Å². The van der Waals surface area contributed by atoms with Crippen molar-refractivity contribution in [2.24, 2.45) is 0 Å². The van der Waals surface area contributed by atoms with Crippen LogP contribution in [0.25, 0.3) is 11.4 Å². The van der Waals surface area contributed by atoms with E-state index in [0.29, 0.717) is 17.3 Å². The minimum atomic E-state index is -0.604. The van der Waals surface area contributed by atoms with E-state index in [4.69, 9.17) is 4.74 Å². The summed E-state index contributed by atoms with van der Waals surface area (Å²) >= 11 is 0. The van der Waals surface area contributed by atoms with Gasteiger partial charge in [0.15, 0.2) is 0 Å². The summed E-state index contributed by atoms with van der Waals surface area (Å²) in [6.07, 6.45) is 3.32. The minimum Gasteiger partial charge on any atom is -0.497 e. The molecule has 1 amide bonds. The lowest BCUT2D eigenvalue weighted by atomic mass is 10.1. The van der Waals surface area contributed by atoms with Crippen LogP contribution in [-0.2, 0) is 0 Å². The maximum absolute atomic E-state index is 12.5. The van der Waals surface area contributed by atoms with E-state index < -0.39 is 10.8 Å². The topological polar surface area (TPSA) is 110 Å². The number of nitro benzene ring substituents is 1. The third-order valence-corrected chi connectivity index (χ3v) is 3.54. The molecule has 3 rings (SSSR count). The Bertz CT molecular complexity index is 922. The third kappa shape index (κ3) is 3.47. The van der Waals surface area contributed by atoms with E-state index in [1.54, 1.807) is 30.6 Å². The fourth-order valence-corrected chi connectivity index (χ4v) is 2.35. The first-order valence-electron chi connectivity index (χ1n) is 7.32. The molecule has 3 aromatic rings. The zero-order valence-corrected chi connectivity index (χ0v) is 13.2. The van der Waals surface area contributed by atoms with E-state index in [1.807, 2.05) is 6.07 Å². The fourth-order valence-electron chi connectivity index (χ4n) is 2.35. The number of rotatable bonds is 5. The van der Waals surface area contributed by atoms with Gasteiger partial charge in [-0.2, -0.15) is 0 Å². The summed E-state index contributed by atoms with van der Waals surface area (Å²) in [5.74, 6) is 0.422. The first-order chi connectivity index (χ1) is 12.1. The number of imidazole rings is 1. The molecular formula is C17H14N4O4. The van der Waals surface area contributed by atoms with Gasteiger partial charge in [0, 0.05) is 29.7 Å². The number of nitrogens with one attached hydrogen (secondary N) is 2. The van der Waals surface area contributed by atoms with Crippen molar-refractivity contribution < 1.29 is 14.5 Å². The maximum Gasteiger partial charge on any atom is 0.282 e. The highest BCUT2D eigenvalue weighted by Gasteiger charge is 2.21. The Labute approximate surface area is 142 Å². The van der Waals surface area contributed by atoms with Gasteiger partial charge in [-0.25, -0.2) is 4.98 Å². The molecule has 1 heterocycles. The van der Waals surface area contributed by atoms with E-state index in [0.717, 1.165) is 5.56 Å². The molecule has 2 N–H and O–H groups in total. The van der Waals surface area contributed by atoms with Gasteiger partial charge in [0.05, 0.1) is 12.0 Å². The second-order valence-corrected chi connectivity index (χ2v) is 5.11. The summed E-state index contributed by atoms with van der Waals surface area (Å²) in [5.41, 5.74) is 0.909. The van der Waals surface area contributed by atoms with Crippen LogP contribution in [0.4, 0.5) is 11.4 Å². The van der Waals surface area contributed by atoms with Crippen LogP contribution < -0.4 is 10.1 Å². The highest BCUT2D eigenvalue weighted by atomic mass is 16.6. The Morgan fingerprint density at radius 1 is 1.28 bits per heavy atom. The molecular weight excluding hydrogens is 324 g/mol. The number of nitrogens with zero attached hydrogens (tertiary/aromatic N) is 2. The van der Waals surface area contributed by atoms with Gasteiger partial charge in [-0.15, -0.1) is 0 Å². The molecule has 126 valence electrons. The maximum atomic E-state index is 12.5. The quantitative estimate of drug-likeness (QED) is 0.548. The second kappa shape index (κ2) is 6.83. The molecule has 0 saturated carbocycles. The van der Waals surface area contributed by atoms with Gasteiger partial charge in [0.25, 0.3) is 11.6 Å². The third-order valence-electron chi connectivity index (χ3n) is 3.54. The fraction of sp³-hybridized carbons (Fsp3) is 0.0588. The summed E-state index contributed by atoms with van der Waals surface area (Å²) in [5, 5.41) is 13.8. The summed E-state index contributed by atoms with van der Waals surface area (Å²) in [7, 11) is 1.43.